The van der Waals surface area contributed by atoms with Crippen LogP contribution in [0.1, 0.15) is 30.9 Å². The van der Waals surface area contributed by atoms with Crippen molar-refractivity contribution in [2.45, 2.75) is 31.1 Å². The third kappa shape index (κ3) is 4.01. The summed E-state index contributed by atoms with van der Waals surface area (Å²) in [5.74, 6) is -4.64. The number of aromatic nitrogens is 2. The van der Waals surface area contributed by atoms with E-state index in [1.165, 1.54) is 24.6 Å². The summed E-state index contributed by atoms with van der Waals surface area (Å²) in [5, 5.41) is 1.07. The number of halogens is 4. The lowest BCUT2D eigenvalue weighted by Gasteiger charge is -2.33. The molecule has 0 N–H and O–H groups in total. The summed E-state index contributed by atoms with van der Waals surface area (Å²) in [4.78, 5) is 20.6. The molecule has 1 aliphatic rings. The first-order valence-electron chi connectivity index (χ1n) is 7.53. The molecule has 0 bridgehead atoms. The molecule has 1 saturated carbocycles. The Hall–Kier alpha value is -1.12. The van der Waals surface area contributed by atoms with E-state index in [0.29, 0.717) is 25.1 Å². The van der Waals surface area contributed by atoms with Crippen LogP contribution in [0.5, 0.6) is 0 Å². The van der Waals surface area contributed by atoms with Gasteiger partial charge in [0.1, 0.15) is 5.01 Å². The zero-order valence-electron chi connectivity index (χ0n) is 13.1. The van der Waals surface area contributed by atoms with Gasteiger partial charge in [0.25, 0.3) is 0 Å². The maximum absolute atomic E-state index is 14.0. The number of pyridine rings is 1. The van der Waals surface area contributed by atoms with Crippen molar-refractivity contribution in [3.05, 3.63) is 33.0 Å². The third-order valence-electron chi connectivity index (χ3n) is 4.24. The number of hydrogen-bond acceptors (Lipinski definition) is 5. The summed E-state index contributed by atoms with van der Waals surface area (Å²) < 4.78 is 33.4. The van der Waals surface area contributed by atoms with E-state index in [9.17, 15) is 13.6 Å². The summed E-state index contributed by atoms with van der Waals surface area (Å²) >= 11 is 10.7. The summed E-state index contributed by atoms with van der Waals surface area (Å²) in [6.07, 6.45) is 2.43. The molecule has 4 nitrogen and oxygen atoms in total. The van der Waals surface area contributed by atoms with Crippen LogP contribution in [0.4, 0.5) is 8.78 Å². The van der Waals surface area contributed by atoms with Crippen molar-refractivity contribution in [1.82, 2.24) is 9.97 Å². The number of alkyl halides is 2. The number of thiazole rings is 1. The highest BCUT2D eigenvalue weighted by molar-refractivity contribution is 9.11. The van der Waals surface area contributed by atoms with Crippen LogP contribution in [0.3, 0.4) is 0 Å². The maximum atomic E-state index is 14.0. The van der Waals surface area contributed by atoms with Gasteiger partial charge in [-0.15, -0.1) is 11.3 Å². The molecule has 0 spiro atoms. The van der Waals surface area contributed by atoms with E-state index in [4.69, 9.17) is 16.3 Å². The summed E-state index contributed by atoms with van der Waals surface area (Å²) in [5.41, 5.74) is 1.15. The fourth-order valence-corrected chi connectivity index (χ4v) is 4.91. The highest BCUT2D eigenvalue weighted by Crippen LogP contribution is 2.48. The van der Waals surface area contributed by atoms with Crippen molar-refractivity contribution in [2.75, 3.05) is 7.11 Å². The fraction of sp³-hybridized carbons (Fsp3) is 0.438. The zero-order chi connectivity index (χ0) is 18.2. The minimum atomic E-state index is -2.82. The van der Waals surface area contributed by atoms with Crippen LogP contribution < -0.4 is 0 Å². The van der Waals surface area contributed by atoms with E-state index in [0.717, 1.165) is 0 Å². The topological polar surface area (TPSA) is 52.1 Å². The molecule has 25 heavy (non-hydrogen) atoms. The Bertz CT molecular complexity index is 802. The van der Waals surface area contributed by atoms with Gasteiger partial charge in [-0.25, -0.2) is 13.8 Å². The lowest BCUT2D eigenvalue weighted by Crippen LogP contribution is -2.36. The van der Waals surface area contributed by atoms with Gasteiger partial charge in [-0.1, -0.05) is 11.6 Å². The molecule has 0 radical (unpaired) electrons. The predicted molar refractivity (Wildman–Crippen MR) is 95.1 cm³/mol. The maximum Gasteiger partial charge on any atom is 0.309 e. The molecule has 3 rings (SSSR count). The number of rotatable bonds is 3. The van der Waals surface area contributed by atoms with E-state index >= 15 is 0 Å². The van der Waals surface area contributed by atoms with Gasteiger partial charge in [0.15, 0.2) is 0 Å². The van der Waals surface area contributed by atoms with Gasteiger partial charge in [-0.2, -0.15) is 0 Å². The summed E-state index contributed by atoms with van der Waals surface area (Å²) in [6.45, 7) is 0. The molecule has 0 amide bonds. The second-order valence-electron chi connectivity index (χ2n) is 5.90. The average Bonchev–Trinajstić information content (AvgIpc) is 2.95. The van der Waals surface area contributed by atoms with E-state index in [-0.39, 0.29) is 12.8 Å². The van der Waals surface area contributed by atoms with Crippen molar-refractivity contribution in [3.8, 4) is 10.6 Å². The minimum absolute atomic E-state index is 0.0718. The van der Waals surface area contributed by atoms with E-state index in [2.05, 4.69) is 25.9 Å². The van der Waals surface area contributed by atoms with E-state index in [1.54, 1.807) is 12.3 Å². The van der Waals surface area contributed by atoms with Gasteiger partial charge in [0.2, 0.25) is 5.92 Å². The molecule has 0 saturated heterocycles. The first-order valence-corrected chi connectivity index (χ1v) is 9.52. The van der Waals surface area contributed by atoms with Crippen molar-refractivity contribution in [2.24, 2.45) is 5.92 Å². The Morgan fingerprint density at radius 3 is 2.92 bits per heavy atom. The number of carbonyl (C=O) groups excluding carboxylic acids is 1. The molecule has 1 fully saturated rings. The molecule has 0 aromatic carbocycles. The molecule has 2 atom stereocenters. The van der Waals surface area contributed by atoms with Gasteiger partial charge < -0.3 is 4.74 Å². The van der Waals surface area contributed by atoms with Crippen LogP contribution in [-0.4, -0.2) is 29.0 Å². The zero-order valence-corrected chi connectivity index (χ0v) is 16.3. The molecule has 2 aromatic rings. The van der Waals surface area contributed by atoms with Crippen molar-refractivity contribution in [3.63, 3.8) is 0 Å². The fourth-order valence-electron chi connectivity index (χ4n) is 3.05. The Kier molecular flexibility index (Phi) is 5.41. The lowest BCUT2D eigenvalue weighted by molar-refractivity contribution is -0.151. The Morgan fingerprint density at radius 2 is 2.24 bits per heavy atom. The molecule has 9 heteroatoms. The molecule has 2 heterocycles. The number of methoxy groups -OCH3 is 1. The smallest absolute Gasteiger partial charge is 0.309 e. The average molecular weight is 452 g/mol. The Labute approximate surface area is 160 Å². The van der Waals surface area contributed by atoms with Crippen LogP contribution in [0.15, 0.2) is 22.2 Å². The molecule has 2 unspecified atom stereocenters. The number of nitrogens with zero attached hydrogens (tertiary/aromatic N) is 2. The van der Waals surface area contributed by atoms with Crippen LogP contribution in [-0.2, 0) is 9.53 Å². The first kappa shape index (κ1) is 18.7. The minimum Gasteiger partial charge on any atom is -0.469 e. The Morgan fingerprint density at radius 1 is 1.48 bits per heavy atom. The standard InChI is InChI=1S/C16H14BrClF2N2O2S/c1-24-15(23)10-2-3-16(19,20)5-11(10)12-13(17)25-14(22-12)8-4-9(18)7-21-6-8/h4,6-7,10-11H,2-3,5H2,1H3. The monoisotopic (exact) mass is 450 g/mol. The second kappa shape index (κ2) is 7.25. The molecule has 134 valence electrons. The highest BCUT2D eigenvalue weighted by atomic mass is 79.9. The highest BCUT2D eigenvalue weighted by Gasteiger charge is 2.46. The summed E-state index contributed by atoms with van der Waals surface area (Å²) in [7, 11) is 1.27. The summed E-state index contributed by atoms with van der Waals surface area (Å²) in [6, 6.07) is 1.71. The van der Waals surface area contributed by atoms with Gasteiger partial charge in [0.05, 0.1) is 27.5 Å². The number of hydrogen-bond donors (Lipinski definition) is 0. The molecular weight excluding hydrogens is 438 g/mol. The van der Waals surface area contributed by atoms with E-state index in [1.807, 2.05) is 0 Å². The lowest BCUT2D eigenvalue weighted by atomic mass is 9.76. The van der Waals surface area contributed by atoms with E-state index < -0.39 is 30.1 Å². The van der Waals surface area contributed by atoms with Crippen molar-refractivity contribution < 1.29 is 18.3 Å². The van der Waals surface area contributed by atoms with Crippen LogP contribution in [0.2, 0.25) is 5.02 Å². The molecular formula is C16H14BrClF2N2O2S. The van der Waals surface area contributed by atoms with Crippen molar-refractivity contribution in [1.29, 1.82) is 0 Å². The van der Waals surface area contributed by atoms with Crippen LogP contribution in [0, 0.1) is 5.92 Å². The normalized spacial score (nSPS) is 22.6. The van der Waals surface area contributed by atoms with Crippen LogP contribution >= 0.6 is 38.9 Å². The number of carbonyl (C=O) groups is 1. The van der Waals surface area contributed by atoms with Crippen LogP contribution in [0.25, 0.3) is 10.6 Å². The molecule has 0 aliphatic heterocycles. The largest absolute Gasteiger partial charge is 0.469 e. The SMILES string of the molecule is COC(=O)C1CCC(F)(F)CC1c1nc(-c2cncc(Cl)c2)sc1Br. The Balaban J connectivity index is 1.99. The van der Waals surface area contributed by atoms with Gasteiger partial charge in [-0.3, -0.25) is 9.78 Å². The number of esters is 1. The number of ether oxygens (including phenoxy) is 1. The predicted octanol–water partition coefficient (Wildman–Crippen LogP) is 5.31. The van der Waals surface area contributed by atoms with Gasteiger partial charge in [-0.05, 0) is 28.4 Å². The van der Waals surface area contributed by atoms with Gasteiger partial charge in [0, 0.05) is 36.7 Å². The van der Waals surface area contributed by atoms with Crippen molar-refractivity contribution >= 4 is 44.8 Å². The van der Waals surface area contributed by atoms with Gasteiger partial charge >= 0.3 is 5.97 Å². The first-order chi connectivity index (χ1) is 11.8. The third-order valence-corrected chi connectivity index (χ3v) is 6.25. The second-order valence-corrected chi connectivity index (χ2v) is 8.66. The molecule has 1 aliphatic carbocycles. The molecule has 2 aromatic heterocycles. The quantitative estimate of drug-likeness (QED) is 0.593.